The Morgan fingerprint density at radius 3 is 2.59 bits per heavy atom. The number of nitrogens with one attached hydrogen (secondary N) is 2. The lowest BCUT2D eigenvalue weighted by atomic mass is 10.1. The quantitative estimate of drug-likeness (QED) is 0.295. The fraction of sp³-hybridized carbons (Fsp3) is 0.588. The van der Waals surface area contributed by atoms with Gasteiger partial charge in [0.05, 0.1) is 6.61 Å². The molecule has 5 heteroatoms. The molecule has 0 spiro atoms. The first-order chi connectivity index (χ1) is 10.3. The smallest absolute Gasteiger partial charge is 0.191 e. The number of hydrogen-bond acceptors (Lipinski definition) is 2. The van der Waals surface area contributed by atoms with Gasteiger partial charge in [-0.15, -0.1) is 24.0 Å². The molecule has 0 amide bonds. The van der Waals surface area contributed by atoms with Crippen LogP contribution in [0.1, 0.15) is 37.3 Å². The van der Waals surface area contributed by atoms with E-state index in [0.29, 0.717) is 6.61 Å². The normalized spacial score (nSPS) is 14.4. The van der Waals surface area contributed by atoms with Crippen LogP contribution in [0.5, 0.6) is 0 Å². The summed E-state index contributed by atoms with van der Waals surface area (Å²) in [4.78, 5) is 4.27. The van der Waals surface area contributed by atoms with Crippen LogP contribution >= 0.6 is 24.0 Å². The van der Waals surface area contributed by atoms with Gasteiger partial charge in [-0.2, -0.15) is 0 Å². The van der Waals surface area contributed by atoms with Crippen molar-refractivity contribution < 1.29 is 4.74 Å². The maximum atomic E-state index is 5.66. The average molecular weight is 417 g/mol. The van der Waals surface area contributed by atoms with E-state index in [-0.39, 0.29) is 24.0 Å². The molecule has 0 aromatic heterocycles. The number of hydrogen-bond donors (Lipinski definition) is 2. The van der Waals surface area contributed by atoms with Gasteiger partial charge in [0.2, 0.25) is 0 Å². The first-order valence-electron chi connectivity index (χ1n) is 7.92. The van der Waals surface area contributed by atoms with Crippen LogP contribution in [0.4, 0.5) is 0 Å². The molecule has 2 N–H and O–H groups in total. The SMILES string of the molecule is CCCOCc1ccccc1CNC(=NC)NCC1CC1.I. The summed E-state index contributed by atoms with van der Waals surface area (Å²) in [6.45, 7) is 5.42. The van der Waals surface area contributed by atoms with Crippen molar-refractivity contribution in [1.82, 2.24) is 10.6 Å². The molecule has 124 valence electrons. The first kappa shape index (κ1) is 19.2. The van der Waals surface area contributed by atoms with Crippen molar-refractivity contribution in [2.75, 3.05) is 20.2 Å². The zero-order valence-corrected chi connectivity index (χ0v) is 15.9. The molecule has 1 aliphatic rings. The summed E-state index contributed by atoms with van der Waals surface area (Å²) in [5, 5.41) is 6.76. The summed E-state index contributed by atoms with van der Waals surface area (Å²) in [5.74, 6) is 1.73. The van der Waals surface area contributed by atoms with E-state index in [0.717, 1.165) is 38.0 Å². The largest absolute Gasteiger partial charge is 0.377 e. The summed E-state index contributed by atoms with van der Waals surface area (Å²) in [6.07, 6.45) is 3.75. The molecule has 4 nitrogen and oxygen atoms in total. The predicted molar refractivity (Wildman–Crippen MR) is 103 cm³/mol. The molecule has 2 rings (SSSR count). The van der Waals surface area contributed by atoms with Crippen LogP contribution in [-0.4, -0.2) is 26.2 Å². The molecule has 0 heterocycles. The number of benzene rings is 1. The Labute approximate surface area is 151 Å². The zero-order chi connectivity index (χ0) is 14.9. The molecule has 1 saturated carbocycles. The third-order valence-electron chi connectivity index (χ3n) is 3.65. The van der Waals surface area contributed by atoms with Gasteiger partial charge in [-0.05, 0) is 36.3 Å². The Bertz CT molecular complexity index is 461. The average Bonchev–Trinajstić information content (AvgIpc) is 3.33. The molecule has 1 aromatic carbocycles. The number of nitrogens with zero attached hydrogens (tertiary/aromatic N) is 1. The van der Waals surface area contributed by atoms with Gasteiger partial charge in [0, 0.05) is 26.7 Å². The summed E-state index contributed by atoms with van der Waals surface area (Å²) in [6, 6.07) is 8.41. The summed E-state index contributed by atoms with van der Waals surface area (Å²) in [7, 11) is 1.82. The third-order valence-corrected chi connectivity index (χ3v) is 3.65. The van der Waals surface area contributed by atoms with Crippen LogP contribution in [0.25, 0.3) is 0 Å². The Morgan fingerprint density at radius 2 is 1.95 bits per heavy atom. The highest BCUT2D eigenvalue weighted by molar-refractivity contribution is 14.0. The summed E-state index contributed by atoms with van der Waals surface area (Å²) in [5.41, 5.74) is 2.51. The van der Waals surface area contributed by atoms with E-state index >= 15 is 0 Å². The standard InChI is InChI=1S/C17H27N3O.HI/c1-3-10-21-13-16-7-5-4-6-15(16)12-20-17(18-2)19-11-14-8-9-14;/h4-7,14H,3,8-13H2,1-2H3,(H2,18,19,20);1H. The fourth-order valence-electron chi connectivity index (χ4n) is 2.16. The van der Waals surface area contributed by atoms with Crippen LogP contribution in [-0.2, 0) is 17.9 Å². The Hall–Kier alpha value is -0.820. The number of ether oxygens (including phenoxy) is 1. The molecule has 0 aliphatic heterocycles. The lowest BCUT2D eigenvalue weighted by Crippen LogP contribution is -2.38. The zero-order valence-electron chi connectivity index (χ0n) is 13.6. The molecule has 22 heavy (non-hydrogen) atoms. The second-order valence-electron chi connectivity index (χ2n) is 5.57. The van der Waals surface area contributed by atoms with E-state index in [2.05, 4.69) is 46.8 Å². The van der Waals surface area contributed by atoms with Crippen molar-refractivity contribution in [3.63, 3.8) is 0 Å². The Morgan fingerprint density at radius 1 is 1.23 bits per heavy atom. The number of aliphatic imine (C=N–C) groups is 1. The minimum atomic E-state index is 0. The lowest BCUT2D eigenvalue weighted by molar-refractivity contribution is 0.121. The van der Waals surface area contributed by atoms with Gasteiger partial charge in [0.1, 0.15) is 0 Å². The Balaban J connectivity index is 0.00000242. The molecule has 0 bridgehead atoms. The van der Waals surface area contributed by atoms with E-state index in [9.17, 15) is 0 Å². The molecule has 0 unspecified atom stereocenters. The van der Waals surface area contributed by atoms with Gasteiger partial charge in [-0.25, -0.2) is 0 Å². The van der Waals surface area contributed by atoms with E-state index in [4.69, 9.17) is 4.74 Å². The van der Waals surface area contributed by atoms with Gasteiger partial charge < -0.3 is 15.4 Å². The molecule has 1 aliphatic carbocycles. The minimum Gasteiger partial charge on any atom is -0.377 e. The molecular weight excluding hydrogens is 389 g/mol. The van der Waals surface area contributed by atoms with Gasteiger partial charge >= 0.3 is 0 Å². The highest BCUT2D eigenvalue weighted by Crippen LogP contribution is 2.27. The van der Waals surface area contributed by atoms with Crippen LogP contribution in [0.3, 0.4) is 0 Å². The van der Waals surface area contributed by atoms with Crippen molar-refractivity contribution in [3.05, 3.63) is 35.4 Å². The maximum Gasteiger partial charge on any atom is 0.191 e. The third kappa shape index (κ3) is 6.96. The number of halogens is 1. The lowest BCUT2D eigenvalue weighted by Gasteiger charge is -2.14. The Kier molecular flexibility index (Phi) is 9.47. The monoisotopic (exact) mass is 417 g/mol. The maximum absolute atomic E-state index is 5.66. The van der Waals surface area contributed by atoms with Gasteiger partial charge in [-0.1, -0.05) is 31.2 Å². The van der Waals surface area contributed by atoms with Gasteiger partial charge in [0.15, 0.2) is 5.96 Å². The van der Waals surface area contributed by atoms with Crippen LogP contribution in [0, 0.1) is 5.92 Å². The number of guanidine groups is 1. The van der Waals surface area contributed by atoms with Crippen molar-refractivity contribution in [2.45, 2.75) is 39.3 Å². The summed E-state index contributed by atoms with van der Waals surface area (Å²) >= 11 is 0. The summed E-state index contributed by atoms with van der Waals surface area (Å²) < 4.78 is 5.66. The number of rotatable bonds is 8. The predicted octanol–water partition coefficient (Wildman–Crippen LogP) is 3.31. The van der Waals surface area contributed by atoms with Gasteiger partial charge in [0.25, 0.3) is 0 Å². The second-order valence-corrected chi connectivity index (χ2v) is 5.57. The molecule has 0 saturated heterocycles. The van der Waals surface area contributed by atoms with Crippen molar-refractivity contribution in [1.29, 1.82) is 0 Å². The van der Waals surface area contributed by atoms with Crippen molar-refractivity contribution >= 4 is 29.9 Å². The molecule has 0 atom stereocenters. The topological polar surface area (TPSA) is 45.6 Å². The second kappa shape index (κ2) is 10.8. The van der Waals surface area contributed by atoms with Gasteiger partial charge in [-0.3, -0.25) is 4.99 Å². The molecular formula is C17H28IN3O. The minimum absolute atomic E-state index is 0. The van der Waals surface area contributed by atoms with E-state index in [1.807, 2.05) is 7.05 Å². The van der Waals surface area contributed by atoms with Crippen LogP contribution in [0.15, 0.2) is 29.3 Å². The van der Waals surface area contributed by atoms with Crippen molar-refractivity contribution in [2.24, 2.45) is 10.9 Å². The fourth-order valence-corrected chi connectivity index (χ4v) is 2.16. The van der Waals surface area contributed by atoms with Crippen LogP contribution in [0.2, 0.25) is 0 Å². The van der Waals surface area contributed by atoms with E-state index in [1.54, 1.807) is 0 Å². The van der Waals surface area contributed by atoms with E-state index < -0.39 is 0 Å². The highest BCUT2D eigenvalue weighted by atomic mass is 127. The van der Waals surface area contributed by atoms with E-state index in [1.165, 1.54) is 24.0 Å². The molecule has 1 fully saturated rings. The highest BCUT2D eigenvalue weighted by Gasteiger charge is 2.21. The van der Waals surface area contributed by atoms with Crippen molar-refractivity contribution in [3.8, 4) is 0 Å². The molecule has 1 aromatic rings. The first-order valence-corrected chi connectivity index (χ1v) is 7.92. The molecule has 0 radical (unpaired) electrons. The van der Waals surface area contributed by atoms with Crippen LogP contribution < -0.4 is 10.6 Å².